The van der Waals surface area contributed by atoms with Crippen LogP contribution in [0.25, 0.3) is 0 Å². The van der Waals surface area contributed by atoms with Crippen LogP contribution in [0.4, 0.5) is 24.8 Å². The van der Waals surface area contributed by atoms with E-state index in [0.717, 1.165) is 37.4 Å². The van der Waals surface area contributed by atoms with Crippen LogP contribution < -0.4 is 11.1 Å². The third kappa shape index (κ3) is 6.55. The fraction of sp³-hybridized carbons (Fsp3) is 0.444. The van der Waals surface area contributed by atoms with Gasteiger partial charge in [-0.25, -0.2) is 9.97 Å². The second kappa shape index (κ2) is 11.0. The Morgan fingerprint density at radius 1 is 1.03 bits per heavy atom. The predicted molar refractivity (Wildman–Crippen MR) is 137 cm³/mol. The van der Waals surface area contributed by atoms with Gasteiger partial charge in [0.2, 0.25) is 17.8 Å². The Kier molecular flexibility index (Phi) is 7.53. The highest BCUT2D eigenvalue weighted by Crippen LogP contribution is 2.34. The van der Waals surface area contributed by atoms with Gasteiger partial charge in [-0.1, -0.05) is 24.3 Å². The first-order valence-corrected chi connectivity index (χ1v) is 13.1. The fourth-order valence-corrected chi connectivity index (χ4v) is 4.99. The van der Waals surface area contributed by atoms with E-state index in [1.54, 1.807) is 36.7 Å². The molecule has 2 fully saturated rings. The van der Waals surface area contributed by atoms with E-state index < -0.39 is 17.6 Å². The summed E-state index contributed by atoms with van der Waals surface area (Å²) in [6.07, 6.45) is 3.37. The molecule has 12 heteroatoms. The van der Waals surface area contributed by atoms with Crippen LogP contribution in [0.15, 0.2) is 42.9 Å². The number of hydrogen-bond donors (Lipinski definition) is 2. The van der Waals surface area contributed by atoms with Crippen LogP contribution in [0.2, 0.25) is 0 Å². The third-order valence-electron chi connectivity index (χ3n) is 7.22. The van der Waals surface area contributed by atoms with Crippen LogP contribution in [0, 0.1) is 5.92 Å². The molecule has 2 aliphatic rings. The number of nitrogens with two attached hydrogens (primary N) is 1. The van der Waals surface area contributed by atoms with E-state index in [0.29, 0.717) is 24.3 Å². The number of amides is 2. The Morgan fingerprint density at radius 3 is 2.41 bits per heavy atom. The van der Waals surface area contributed by atoms with Crippen LogP contribution in [-0.2, 0) is 35.0 Å². The summed E-state index contributed by atoms with van der Waals surface area (Å²) < 4.78 is 43.0. The van der Waals surface area contributed by atoms with E-state index in [9.17, 15) is 22.8 Å². The molecule has 3 heterocycles. The highest BCUT2D eigenvalue weighted by atomic mass is 19.4. The zero-order valence-corrected chi connectivity index (χ0v) is 21.3. The fourth-order valence-electron chi connectivity index (χ4n) is 4.99. The molecule has 1 aromatic carbocycles. The number of carbonyl (C=O) groups excluding carboxylic acids is 2. The van der Waals surface area contributed by atoms with Gasteiger partial charge in [-0.05, 0) is 49.7 Å². The number of nitrogens with one attached hydrogen (secondary N) is 1. The van der Waals surface area contributed by atoms with Crippen molar-refractivity contribution in [3.05, 3.63) is 65.2 Å². The first-order valence-electron chi connectivity index (χ1n) is 13.1. The van der Waals surface area contributed by atoms with Gasteiger partial charge >= 0.3 is 6.18 Å². The SMILES string of the molecule is NC(=O)Cc1ccccc1CCc1nc(Nc2cnn(C3CCN(C(=O)C4CC4)CC3)c2)ncc1C(F)(F)F. The second-order valence-corrected chi connectivity index (χ2v) is 10.1. The number of halogens is 3. The molecular formula is C27H30F3N7O2. The molecule has 1 aliphatic carbocycles. The van der Waals surface area contributed by atoms with E-state index in [2.05, 4.69) is 20.4 Å². The maximum Gasteiger partial charge on any atom is 0.419 e. The van der Waals surface area contributed by atoms with Crippen molar-refractivity contribution in [3.63, 3.8) is 0 Å². The monoisotopic (exact) mass is 541 g/mol. The standard InChI is InChI=1S/C27H30F3N7O2/c28-27(29,30)22-15-32-26(35-23(22)8-7-17-3-1-2-4-19(17)13-24(31)38)34-20-14-33-37(16-20)21-9-11-36(12-10-21)25(39)18-5-6-18/h1-4,14-16,18,21H,5-13H2,(H2,31,38)(H,32,34,35). The van der Waals surface area contributed by atoms with Gasteiger partial charge in [-0.15, -0.1) is 0 Å². The van der Waals surface area contributed by atoms with E-state index in [4.69, 9.17) is 5.73 Å². The molecule has 1 aliphatic heterocycles. The van der Waals surface area contributed by atoms with Gasteiger partial charge in [-0.3, -0.25) is 14.3 Å². The molecular weight excluding hydrogens is 511 g/mol. The molecule has 1 saturated heterocycles. The summed E-state index contributed by atoms with van der Waals surface area (Å²) in [6.45, 7) is 1.38. The molecule has 9 nitrogen and oxygen atoms in total. The number of primary amides is 1. The summed E-state index contributed by atoms with van der Waals surface area (Å²) in [5.41, 5.74) is 6.25. The largest absolute Gasteiger partial charge is 0.419 e. The molecule has 3 aromatic rings. The van der Waals surface area contributed by atoms with Crippen molar-refractivity contribution in [1.29, 1.82) is 0 Å². The number of benzene rings is 1. The van der Waals surface area contributed by atoms with Crippen molar-refractivity contribution in [3.8, 4) is 0 Å². The van der Waals surface area contributed by atoms with Crippen molar-refractivity contribution in [2.75, 3.05) is 18.4 Å². The molecule has 1 saturated carbocycles. The minimum absolute atomic E-state index is 0.000762. The summed E-state index contributed by atoms with van der Waals surface area (Å²) in [4.78, 5) is 33.7. The molecule has 5 rings (SSSR count). The van der Waals surface area contributed by atoms with Crippen molar-refractivity contribution in [1.82, 2.24) is 24.6 Å². The lowest BCUT2D eigenvalue weighted by Crippen LogP contribution is -2.39. The number of nitrogens with zero attached hydrogens (tertiary/aromatic N) is 5. The van der Waals surface area contributed by atoms with E-state index in [1.165, 1.54) is 0 Å². The lowest BCUT2D eigenvalue weighted by Gasteiger charge is -2.32. The Bertz CT molecular complexity index is 1350. The van der Waals surface area contributed by atoms with Crippen LogP contribution in [-0.4, -0.2) is 49.6 Å². The number of carbonyl (C=O) groups is 2. The normalized spacial score (nSPS) is 16.3. The minimum atomic E-state index is -4.61. The number of hydrogen-bond acceptors (Lipinski definition) is 6. The summed E-state index contributed by atoms with van der Waals surface area (Å²) in [7, 11) is 0. The highest BCUT2D eigenvalue weighted by molar-refractivity contribution is 5.81. The van der Waals surface area contributed by atoms with Gasteiger partial charge in [0.25, 0.3) is 0 Å². The Hall–Kier alpha value is -3.96. The number of likely N-dealkylation sites (tertiary alicyclic amines) is 1. The first kappa shape index (κ1) is 26.6. The quantitative estimate of drug-likeness (QED) is 0.425. The lowest BCUT2D eigenvalue weighted by atomic mass is 9.98. The average Bonchev–Trinajstić information content (AvgIpc) is 3.65. The van der Waals surface area contributed by atoms with Crippen LogP contribution in [0.5, 0.6) is 0 Å². The van der Waals surface area contributed by atoms with Gasteiger partial charge in [-0.2, -0.15) is 18.3 Å². The Balaban J connectivity index is 1.26. The number of aromatic nitrogens is 4. The van der Waals surface area contributed by atoms with Crippen LogP contribution in [0.3, 0.4) is 0 Å². The molecule has 3 N–H and O–H groups in total. The van der Waals surface area contributed by atoms with Crippen molar-refractivity contribution >= 4 is 23.5 Å². The predicted octanol–water partition coefficient (Wildman–Crippen LogP) is 3.82. The Labute approximate surface area is 223 Å². The summed E-state index contributed by atoms with van der Waals surface area (Å²) in [6, 6.07) is 7.17. The van der Waals surface area contributed by atoms with Crippen molar-refractivity contribution in [2.45, 2.75) is 57.2 Å². The summed E-state index contributed by atoms with van der Waals surface area (Å²) in [5.74, 6) is -0.0129. The minimum Gasteiger partial charge on any atom is -0.369 e. The lowest BCUT2D eigenvalue weighted by molar-refractivity contribution is -0.138. The molecule has 39 heavy (non-hydrogen) atoms. The van der Waals surface area contributed by atoms with Gasteiger partial charge in [0.05, 0.1) is 35.6 Å². The maximum absolute atomic E-state index is 13.7. The zero-order valence-electron chi connectivity index (χ0n) is 21.3. The molecule has 2 aromatic heterocycles. The van der Waals surface area contributed by atoms with Gasteiger partial charge in [0, 0.05) is 31.4 Å². The first-order chi connectivity index (χ1) is 18.7. The molecule has 2 amide bonds. The molecule has 0 unspecified atom stereocenters. The van der Waals surface area contributed by atoms with Crippen LogP contribution >= 0.6 is 0 Å². The molecule has 0 spiro atoms. The molecule has 0 bridgehead atoms. The number of anilines is 2. The molecule has 0 radical (unpaired) electrons. The zero-order chi connectivity index (χ0) is 27.6. The second-order valence-electron chi connectivity index (χ2n) is 10.1. The number of rotatable bonds is 9. The van der Waals surface area contributed by atoms with E-state index in [-0.39, 0.29) is 48.8 Å². The van der Waals surface area contributed by atoms with Gasteiger partial charge < -0.3 is 16.0 Å². The maximum atomic E-state index is 13.7. The van der Waals surface area contributed by atoms with Crippen molar-refractivity contribution < 1.29 is 22.8 Å². The number of aryl methyl sites for hydroxylation is 2. The van der Waals surface area contributed by atoms with Gasteiger partial charge in [0.15, 0.2) is 0 Å². The average molecular weight is 542 g/mol. The van der Waals surface area contributed by atoms with Crippen molar-refractivity contribution in [2.24, 2.45) is 11.7 Å². The number of piperidine rings is 1. The Morgan fingerprint density at radius 2 is 1.74 bits per heavy atom. The topological polar surface area (TPSA) is 119 Å². The summed E-state index contributed by atoms with van der Waals surface area (Å²) >= 11 is 0. The third-order valence-corrected chi connectivity index (χ3v) is 7.22. The van der Waals surface area contributed by atoms with E-state index in [1.807, 2.05) is 9.58 Å². The summed E-state index contributed by atoms with van der Waals surface area (Å²) in [5, 5.41) is 7.39. The van der Waals surface area contributed by atoms with Crippen LogP contribution in [0.1, 0.15) is 54.1 Å². The molecule has 0 atom stereocenters. The highest BCUT2D eigenvalue weighted by Gasteiger charge is 2.36. The van der Waals surface area contributed by atoms with Gasteiger partial charge in [0.1, 0.15) is 0 Å². The molecule has 206 valence electrons. The number of alkyl halides is 3. The van der Waals surface area contributed by atoms with E-state index >= 15 is 0 Å². The smallest absolute Gasteiger partial charge is 0.369 e.